The molecular weight excluding hydrogens is 1970 g/mol. The molecule has 0 N–H and O–H groups in total. The van der Waals surface area contributed by atoms with E-state index in [0.717, 1.165) is 198 Å². The minimum atomic E-state index is -0.0419. The molecule has 8 nitrogen and oxygen atoms in total. The van der Waals surface area contributed by atoms with E-state index in [1.54, 1.807) is 45.3 Å². The van der Waals surface area contributed by atoms with Crippen LogP contribution >= 0.6 is 136 Å². The van der Waals surface area contributed by atoms with Crippen molar-refractivity contribution in [2.45, 2.75) is 340 Å². The maximum Gasteiger partial charge on any atom is 0.261 e. The van der Waals surface area contributed by atoms with Gasteiger partial charge in [0.05, 0.1) is 64.6 Å². The topological polar surface area (TPSA) is 81.2 Å². The maximum absolute atomic E-state index is 16.5. The minimum Gasteiger partial charge on any atom is -0.306 e. The van der Waals surface area contributed by atoms with Gasteiger partial charge in [-0.05, 0) is 221 Å². The van der Waals surface area contributed by atoms with Gasteiger partial charge in [0.15, 0.2) is 0 Å². The monoisotopic (exact) mass is 2120 g/mol. The average Bonchev–Trinajstić information content (AvgIpc) is 1.51. The lowest BCUT2D eigenvalue weighted by Gasteiger charge is -2.29. The van der Waals surface area contributed by atoms with Crippen LogP contribution in [0.5, 0.6) is 0 Å². The van der Waals surface area contributed by atoms with Crippen molar-refractivity contribution >= 4 is 208 Å². The van der Waals surface area contributed by atoms with Gasteiger partial charge in [-0.15, -0.1) is 136 Å². The Morgan fingerprint density at radius 2 is 0.542 bits per heavy atom. The van der Waals surface area contributed by atoms with Gasteiger partial charge >= 0.3 is 0 Å². The number of hydrogen-bond donors (Lipinski definition) is 0. The third-order valence-electron chi connectivity index (χ3n) is 30.8. The number of rotatable bonds is 58. The first-order valence-corrected chi connectivity index (χ1v) is 64.8. The van der Waals surface area contributed by atoms with E-state index in [4.69, 9.17) is 0 Å². The summed E-state index contributed by atoms with van der Waals surface area (Å²) in [6, 6.07) is 46.8. The van der Waals surface area contributed by atoms with Crippen molar-refractivity contribution in [3.63, 3.8) is 0 Å². The normalized spacial score (nSPS) is 16.6. The molecule has 7 atom stereocenters. The fourth-order valence-electron chi connectivity index (χ4n) is 22.0. The molecule has 11 aromatic heterocycles. The van der Waals surface area contributed by atoms with Crippen molar-refractivity contribution in [2.24, 2.45) is 35.5 Å². The van der Waals surface area contributed by atoms with Crippen molar-refractivity contribution < 1.29 is 19.2 Å². The van der Waals surface area contributed by atoms with Gasteiger partial charge in [-0.2, -0.15) is 0 Å². The van der Waals surface area contributed by atoms with Gasteiger partial charge in [-0.3, -0.25) is 19.2 Å². The molecule has 5 aliphatic heterocycles. The lowest BCUT2D eigenvalue weighted by atomic mass is 9.95. The molecule has 0 aliphatic carbocycles. The summed E-state index contributed by atoms with van der Waals surface area (Å²) in [5, 5.41) is 3.15. The summed E-state index contributed by atoms with van der Waals surface area (Å²) in [6.07, 6.45) is 44.5. The zero-order valence-electron chi connectivity index (χ0n) is 87.0. The van der Waals surface area contributed by atoms with E-state index >= 15 is 19.2 Å². The zero-order valence-corrected chi connectivity index (χ0v) is 96.8. The van der Waals surface area contributed by atoms with Crippen LogP contribution in [0.4, 0.5) is 0 Å². The molecular formula is C122H152N4O4S12. The molecule has 4 amide bonds. The number of allylic oxidation sites excluding steroid dienone is 1. The summed E-state index contributed by atoms with van der Waals surface area (Å²) in [5.41, 5.74) is 8.05. The predicted octanol–water partition coefficient (Wildman–Crippen LogP) is 40.3. The number of carbonyl (C=O) groups excluding carboxylic acids is 4. The van der Waals surface area contributed by atoms with E-state index in [9.17, 15) is 0 Å². The minimum absolute atomic E-state index is 0.0371. The number of nitrogens with zero attached hydrogens (tertiary/aromatic N) is 4. The smallest absolute Gasteiger partial charge is 0.261 e. The van der Waals surface area contributed by atoms with E-state index in [2.05, 4.69) is 256 Å². The maximum atomic E-state index is 16.5. The first kappa shape index (κ1) is 107. The Hall–Kier alpha value is -6.63. The lowest BCUT2D eigenvalue weighted by Crippen LogP contribution is -2.34. The number of thioether (sulfide) groups is 1. The fourth-order valence-corrected chi connectivity index (χ4v) is 36.2. The standard InChI is InChI=1S/C122H152N4O4S12/c1-15-29-37-39-47-83-49-53-89(131-83)91-57-59-93(135-91)95-61-65-101(137-95)113-109-111(121(129)123(113)73-79(25-11)43-33-19-5)115(125(119(109)127)75-81(27-13)45-35-21-7)103-67-63-97(139-103)105-71-87-107(99-55-51-85(133-99)69-77(23-9)41-31-17-3)118-88(108(117(87)141-105)100-56-52-86(134-100)70-78(24-10)42-32-18-4)72-106(142-118)98-64-68-104(140-98)116-112-110(120(128)126(116)76-82(28-14)46-36-22-8)114(124(122(112)130)74-80(26-12)44-34-20-6)102-66-62-96(138-102)94-60-58-92(136-94)90-54-50-84(132-90)48-40-38-30-16-2/h49,51-68,71-72,77-82,84H,15-48,50,69-70,73-76H2,1-14H3. The largest absolute Gasteiger partial charge is 0.306 e. The van der Waals surface area contributed by atoms with Gasteiger partial charge in [-0.25, -0.2) is 0 Å². The average molecular weight is 2120 g/mol. The number of amides is 4. The van der Waals surface area contributed by atoms with Crippen molar-refractivity contribution in [3.05, 3.63) is 189 Å². The predicted molar refractivity (Wildman–Crippen MR) is 631 cm³/mol. The Morgan fingerprint density at radius 3 is 0.887 bits per heavy atom. The van der Waals surface area contributed by atoms with Gasteiger partial charge in [0.1, 0.15) is 0 Å². The molecule has 756 valence electrons. The fraction of sp³-hybridized carbons (Fsp3) is 0.508. The molecule has 0 radical (unpaired) electrons. The molecule has 0 fully saturated rings. The second kappa shape index (κ2) is 50.6. The Balaban J connectivity index is 0.810. The highest BCUT2D eigenvalue weighted by atomic mass is 32.2. The van der Waals surface area contributed by atoms with Crippen LogP contribution in [0.25, 0.3) is 118 Å². The van der Waals surface area contributed by atoms with Crippen molar-refractivity contribution in [2.75, 3.05) is 26.2 Å². The molecule has 0 saturated carbocycles. The van der Waals surface area contributed by atoms with Crippen LogP contribution in [-0.4, -0.2) is 74.7 Å². The molecule has 142 heavy (non-hydrogen) atoms. The van der Waals surface area contributed by atoms with Gasteiger partial charge in [0.2, 0.25) is 0 Å². The summed E-state index contributed by atoms with van der Waals surface area (Å²) in [5.74, 6) is 2.11. The highest BCUT2D eigenvalue weighted by Gasteiger charge is 2.53. The highest BCUT2D eigenvalue weighted by molar-refractivity contribution is 8.09. The quantitative estimate of drug-likeness (QED) is 0.0355. The molecule has 0 saturated heterocycles. The molecule has 7 unspecified atom stereocenters. The number of benzene rings is 1. The van der Waals surface area contributed by atoms with E-state index in [-0.39, 0.29) is 47.3 Å². The summed E-state index contributed by atoms with van der Waals surface area (Å²) in [4.78, 5) is 99.8. The number of hydrogen-bond acceptors (Lipinski definition) is 16. The Labute approximate surface area is 897 Å². The number of carbonyl (C=O) groups is 4. The third kappa shape index (κ3) is 23.5. The number of aryl methyl sites for hydroxylation is 1. The second-order valence-electron chi connectivity index (χ2n) is 40.9. The van der Waals surface area contributed by atoms with E-state index in [0.29, 0.717) is 65.6 Å². The summed E-state index contributed by atoms with van der Waals surface area (Å²) < 4.78 is 2.55. The van der Waals surface area contributed by atoms with E-state index in [1.807, 2.05) is 79.4 Å². The van der Waals surface area contributed by atoms with Crippen LogP contribution in [0.1, 0.15) is 354 Å². The van der Waals surface area contributed by atoms with Crippen LogP contribution in [0, 0.1) is 35.5 Å². The summed E-state index contributed by atoms with van der Waals surface area (Å²) in [6.45, 7) is 34.4. The van der Waals surface area contributed by atoms with Crippen LogP contribution in [0.15, 0.2) is 150 Å². The van der Waals surface area contributed by atoms with Crippen LogP contribution in [0.3, 0.4) is 0 Å². The SMILES string of the molecule is CCCCCCc1ccc(-c2ccc(-c3ccc(C4=C5C(=O)N(CC(CC)CCCC)C(c6ccc(-c7cc8c(-c9ccc(CC(CC)CCCC)s9)c9sc(-c%10ccc(C%11=C%12C(=O)N(CC(CC)CCCC)C(c%13ccc(-c%14ccc(C%15=CCC(CCCCCC)S%15)s%14)s%13)=C%12C(=O)N%11CC(CC)CCCC)s%10)cc9c(-c9ccc(CC(CC)CCCC)s9)c8s7)s6)=C5C(=O)N4CC(CC)CCCC)s3)s2)s1. The van der Waals surface area contributed by atoms with E-state index in [1.165, 1.54) is 196 Å². The summed E-state index contributed by atoms with van der Waals surface area (Å²) >= 11 is 22.5. The molecule has 12 aromatic rings. The Morgan fingerprint density at radius 1 is 0.268 bits per heavy atom. The number of thiophene rings is 11. The van der Waals surface area contributed by atoms with Gasteiger partial charge < -0.3 is 19.6 Å². The molecule has 0 bridgehead atoms. The molecule has 20 heteroatoms. The van der Waals surface area contributed by atoms with Crippen molar-refractivity contribution in [1.82, 2.24) is 19.6 Å². The Kier molecular flexibility index (Phi) is 38.0. The van der Waals surface area contributed by atoms with Gasteiger partial charge in [-0.1, -0.05) is 276 Å². The lowest BCUT2D eigenvalue weighted by molar-refractivity contribution is -0.124. The van der Waals surface area contributed by atoms with Crippen LogP contribution < -0.4 is 0 Å². The second-order valence-corrected chi connectivity index (χ2v) is 54.4. The third-order valence-corrected chi connectivity index (χ3v) is 45.6. The molecule has 0 spiro atoms. The van der Waals surface area contributed by atoms with Gasteiger partial charge in [0, 0.05) is 146 Å². The molecule has 16 heterocycles. The zero-order chi connectivity index (χ0) is 99.2. The van der Waals surface area contributed by atoms with Crippen molar-refractivity contribution in [1.29, 1.82) is 0 Å². The van der Waals surface area contributed by atoms with Crippen LogP contribution in [-0.2, 0) is 38.4 Å². The molecule has 17 rings (SSSR count). The Bertz CT molecular complexity index is 6340. The highest BCUT2D eigenvalue weighted by Crippen LogP contribution is 2.60. The van der Waals surface area contributed by atoms with Gasteiger partial charge in [0.25, 0.3) is 23.6 Å². The first-order valence-electron chi connectivity index (χ1n) is 55.0. The van der Waals surface area contributed by atoms with Crippen LogP contribution in [0.2, 0.25) is 0 Å². The van der Waals surface area contributed by atoms with E-state index < -0.39 is 0 Å². The first-order chi connectivity index (χ1) is 69.4. The molecule has 1 aromatic carbocycles. The summed E-state index contributed by atoms with van der Waals surface area (Å²) in [7, 11) is 0. The number of fused-ring (bicyclic) bond motifs is 4. The molecule has 5 aliphatic rings. The number of unbranched alkanes of at least 4 members (excludes halogenated alkanes) is 12. The van der Waals surface area contributed by atoms with Crippen molar-refractivity contribution in [3.8, 4) is 69.7 Å².